The molecule has 32 heavy (non-hydrogen) atoms. The number of pyridine rings is 1. The predicted molar refractivity (Wildman–Crippen MR) is 132 cm³/mol. The molecule has 3 aromatic heterocycles. The highest BCUT2D eigenvalue weighted by molar-refractivity contribution is 5.88. The van der Waals surface area contributed by atoms with E-state index in [2.05, 4.69) is 75.3 Å². The summed E-state index contributed by atoms with van der Waals surface area (Å²) in [4.78, 5) is 14.2. The average Bonchev–Trinajstić information content (AvgIpc) is 3.44. The van der Waals surface area contributed by atoms with Crippen LogP contribution in [0.15, 0.2) is 42.7 Å². The maximum atomic E-state index is 4.87. The number of H-pyrrole nitrogens is 2. The third-order valence-electron chi connectivity index (χ3n) is 7.49. The van der Waals surface area contributed by atoms with E-state index in [0.717, 1.165) is 30.2 Å². The Hall–Kier alpha value is -2.83. The van der Waals surface area contributed by atoms with E-state index >= 15 is 0 Å². The van der Waals surface area contributed by atoms with E-state index in [0.29, 0.717) is 11.8 Å². The van der Waals surface area contributed by atoms with Gasteiger partial charge in [-0.3, -0.25) is 0 Å². The molecule has 0 atom stereocenters. The zero-order chi connectivity index (χ0) is 21.5. The molecule has 4 aromatic rings. The van der Waals surface area contributed by atoms with Gasteiger partial charge in [0, 0.05) is 34.4 Å². The van der Waals surface area contributed by atoms with Crippen LogP contribution in [0.25, 0.3) is 21.9 Å². The van der Waals surface area contributed by atoms with Crippen molar-refractivity contribution in [3.05, 3.63) is 53.9 Å². The fourth-order valence-electron chi connectivity index (χ4n) is 5.60. The molecule has 2 aliphatic rings. The van der Waals surface area contributed by atoms with Crippen molar-refractivity contribution in [2.75, 3.05) is 38.5 Å². The van der Waals surface area contributed by atoms with Crippen molar-refractivity contribution in [2.24, 2.45) is 0 Å². The first-order valence-electron chi connectivity index (χ1n) is 12.0. The summed E-state index contributed by atoms with van der Waals surface area (Å²) in [6.07, 6.45) is 9.25. The Labute approximate surface area is 188 Å². The Morgan fingerprint density at radius 3 is 2.44 bits per heavy atom. The molecule has 4 N–H and O–H groups in total. The fourth-order valence-corrected chi connectivity index (χ4v) is 5.60. The molecule has 6 rings (SSSR count). The lowest BCUT2D eigenvalue weighted by Gasteiger charge is -2.28. The number of piperidine rings is 2. The number of hydrogen-bond donors (Lipinski definition) is 4. The summed E-state index contributed by atoms with van der Waals surface area (Å²) in [7, 11) is 2.21. The molecule has 166 valence electrons. The summed E-state index contributed by atoms with van der Waals surface area (Å²) in [5.74, 6) is 2.16. The molecule has 2 fully saturated rings. The third-order valence-corrected chi connectivity index (χ3v) is 7.49. The number of nitrogens with zero attached hydrogens (tertiary/aromatic N) is 2. The van der Waals surface area contributed by atoms with Crippen LogP contribution in [0.5, 0.6) is 0 Å². The summed E-state index contributed by atoms with van der Waals surface area (Å²) in [5.41, 5.74) is 6.10. The lowest BCUT2D eigenvalue weighted by Crippen LogP contribution is -2.29. The Kier molecular flexibility index (Phi) is 5.12. The molecule has 1 aromatic carbocycles. The number of likely N-dealkylation sites (tertiary alicyclic amines) is 1. The monoisotopic (exact) mass is 428 g/mol. The Bertz CT molecular complexity index is 1220. The Morgan fingerprint density at radius 1 is 0.875 bits per heavy atom. The van der Waals surface area contributed by atoms with Crippen LogP contribution in [0, 0.1) is 0 Å². The molecule has 0 spiro atoms. The van der Waals surface area contributed by atoms with Crippen LogP contribution in [0.4, 0.5) is 11.5 Å². The standard InChI is InChI=1S/C26H32N6/c1-32-12-8-18(9-13-32)23-16-29-26-21(23)4-5-25(31-26)30-19-2-3-20-22(15-28-24(20)14-19)17-6-10-27-11-7-17/h2-5,14-18,27-28H,6-13H2,1H3,(H2,29,30,31). The zero-order valence-corrected chi connectivity index (χ0v) is 18.7. The van der Waals surface area contributed by atoms with Crippen molar-refractivity contribution >= 4 is 33.4 Å². The maximum absolute atomic E-state index is 4.87. The van der Waals surface area contributed by atoms with Gasteiger partial charge in [-0.2, -0.15) is 0 Å². The molecule has 2 saturated heterocycles. The number of fused-ring (bicyclic) bond motifs is 2. The van der Waals surface area contributed by atoms with Gasteiger partial charge in [-0.25, -0.2) is 4.98 Å². The van der Waals surface area contributed by atoms with Crippen LogP contribution in [0.3, 0.4) is 0 Å². The van der Waals surface area contributed by atoms with Crippen molar-refractivity contribution in [1.29, 1.82) is 0 Å². The molecule has 0 aliphatic carbocycles. The smallest absolute Gasteiger partial charge is 0.140 e. The second-order valence-corrected chi connectivity index (χ2v) is 9.57. The van der Waals surface area contributed by atoms with Gasteiger partial charge in [0.1, 0.15) is 11.5 Å². The molecule has 0 saturated carbocycles. The molecule has 0 unspecified atom stereocenters. The first-order chi connectivity index (χ1) is 15.7. The summed E-state index contributed by atoms with van der Waals surface area (Å²) in [5, 5.41) is 9.57. The molecule has 6 nitrogen and oxygen atoms in total. The molecule has 5 heterocycles. The van der Waals surface area contributed by atoms with Crippen LogP contribution in [0.2, 0.25) is 0 Å². The Morgan fingerprint density at radius 2 is 1.59 bits per heavy atom. The van der Waals surface area contributed by atoms with Crippen LogP contribution < -0.4 is 10.6 Å². The van der Waals surface area contributed by atoms with E-state index < -0.39 is 0 Å². The Balaban J connectivity index is 1.22. The minimum Gasteiger partial charge on any atom is -0.361 e. The minimum absolute atomic E-state index is 0.630. The molecule has 2 aliphatic heterocycles. The first-order valence-corrected chi connectivity index (χ1v) is 12.0. The zero-order valence-electron chi connectivity index (χ0n) is 18.7. The SMILES string of the molecule is CN1CCC(c2c[nH]c3nc(Nc4ccc5c(C6CCNCC6)c[nH]c5c4)ccc23)CC1. The molecule has 0 radical (unpaired) electrons. The molecule has 0 amide bonds. The second-order valence-electron chi connectivity index (χ2n) is 9.57. The van der Waals surface area contributed by atoms with Gasteiger partial charge >= 0.3 is 0 Å². The highest BCUT2D eigenvalue weighted by atomic mass is 15.1. The van der Waals surface area contributed by atoms with Gasteiger partial charge in [0.05, 0.1) is 0 Å². The van der Waals surface area contributed by atoms with E-state index in [1.165, 1.54) is 66.2 Å². The highest BCUT2D eigenvalue weighted by Crippen LogP contribution is 2.34. The molecular weight excluding hydrogens is 396 g/mol. The number of rotatable bonds is 4. The number of anilines is 2. The summed E-state index contributed by atoms with van der Waals surface area (Å²) < 4.78 is 0. The van der Waals surface area contributed by atoms with Crippen LogP contribution in [0.1, 0.15) is 48.6 Å². The van der Waals surface area contributed by atoms with E-state index in [9.17, 15) is 0 Å². The van der Waals surface area contributed by atoms with E-state index in [-0.39, 0.29) is 0 Å². The third kappa shape index (κ3) is 3.67. The van der Waals surface area contributed by atoms with Crippen molar-refractivity contribution in [3.63, 3.8) is 0 Å². The number of aromatic nitrogens is 3. The van der Waals surface area contributed by atoms with Crippen LogP contribution >= 0.6 is 0 Å². The van der Waals surface area contributed by atoms with E-state index in [1.54, 1.807) is 0 Å². The molecule has 6 heteroatoms. The van der Waals surface area contributed by atoms with Crippen molar-refractivity contribution in [1.82, 2.24) is 25.2 Å². The van der Waals surface area contributed by atoms with Crippen LogP contribution in [-0.4, -0.2) is 53.1 Å². The van der Waals surface area contributed by atoms with Crippen molar-refractivity contribution < 1.29 is 0 Å². The van der Waals surface area contributed by atoms with Gasteiger partial charge in [0.2, 0.25) is 0 Å². The van der Waals surface area contributed by atoms with Gasteiger partial charge < -0.3 is 25.5 Å². The fraction of sp³-hybridized carbons (Fsp3) is 0.423. The van der Waals surface area contributed by atoms with Gasteiger partial charge in [-0.1, -0.05) is 6.07 Å². The number of hydrogen-bond acceptors (Lipinski definition) is 4. The normalized spacial score (nSPS) is 19.2. The topological polar surface area (TPSA) is 71.8 Å². The van der Waals surface area contributed by atoms with Gasteiger partial charge in [0.25, 0.3) is 0 Å². The predicted octanol–water partition coefficient (Wildman–Crippen LogP) is 5.06. The number of nitrogens with one attached hydrogen (secondary N) is 4. The number of benzene rings is 1. The quantitative estimate of drug-likeness (QED) is 0.366. The van der Waals surface area contributed by atoms with Gasteiger partial charge in [-0.15, -0.1) is 0 Å². The lowest BCUT2D eigenvalue weighted by atomic mass is 9.90. The maximum Gasteiger partial charge on any atom is 0.140 e. The number of aromatic amines is 2. The van der Waals surface area contributed by atoms with Gasteiger partial charge in [-0.05, 0) is 106 Å². The average molecular weight is 429 g/mol. The van der Waals surface area contributed by atoms with E-state index in [4.69, 9.17) is 4.98 Å². The molecule has 0 bridgehead atoms. The van der Waals surface area contributed by atoms with Crippen LogP contribution in [-0.2, 0) is 0 Å². The van der Waals surface area contributed by atoms with Crippen molar-refractivity contribution in [2.45, 2.75) is 37.5 Å². The second kappa shape index (κ2) is 8.26. The molecular formula is C26H32N6. The van der Waals surface area contributed by atoms with E-state index in [1.807, 2.05) is 0 Å². The summed E-state index contributed by atoms with van der Waals surface area (Å²) in [6, 6.07) is 10.9. The summed E-state index contributed by atoms with van der Waals surface area (Å²) >= 11 is 0. The highest BCUT2D eigenvalue weighted by Gasteiger charge is 2.22. The first kappa shape index (κ1) is 19.8. The van der Waals surface area contributed by atoms with Gasteiger partial charge in [0.15, 0.2) is 0 Å². The largest absolute Gasteiger partial charge is 0.361 e. The summed E-state index contributed by atoms with van der Waals surface area (Å²) in [6.45, 7) is 4.57. The van der Waals surface area contributed by atoms with Crippen molar-refractivity contribution in [3.8, 4) is 0 Å². The minimum atomic E-state index is 0.630. The lowest BCUT2D eigenvalue weighted by molar-refractivity contribution is 0.256.